The van der Waals surface area contributed by atoms with Crippen LogP contribution < -0.4 is 5.32 Å². The van der Waals surface area contributed by atoms with E-state index < -0.39 is 0 Å². The number of hydrogen-bond donors (Lipinski definition) is 2. The highest BCUT2D eigenvalue weighted by Crippen LogP contribution is 2.37. The van der Waals surface area contributed by atoms with Gasteiger partial charge in [-0.2, -0.15) is 0 Å². The number of para-hydroxylation sites is 1. The van der Waals surface area contributed by atoms with Gasteiger partial charge in [-0.15, -0.1) is 0 Å². The Kier molecular flexibility index (Phi) is 4.08. The molecule has 0 unspecified atom stereocenters. The molecule has 0 aliphatic carbocycles. The van der Waals surface area contributed by atoms with Gasteiger partial charge in [0.15, 0.2) is 0 Å². The molecule has 0 spiro atoms. The first-order chi connectivity index (χ1) is 13.0. The Balaban J connectivity index is 1.67. The molecule has 1 aromatic heterocycles. The highest BCUT2D eigenvalue weighted by atomic mass is 16.5. The molecule has 0 radical (unpaired) electrons. The number of benzene rings is 2. The van der Waals surface area contributed by atoms with Gasteiger partial charge in [0.05, 0.1) is 5.69 Å². The third kappa shape index (κ3) is 3.25. The Morgan fingerprint density at radius 2 is 1.89 bits per heavy atom. The monoisotopic (exact) mass is 359 g/mol. The van der Waals surface area contributed by atoms with Gasteiger partial charge in [0, 0.05) is 35.0 Å². The van der Waals surface area contributed by atoms with E-state index >= 15 is 0 Å². The van der Waals surface area contributed by atoms with Crippen LogP contribution in [0.15, 0.2) is 57.9 Å². The Labute approximate surface area is 155 Å². The van der Waals surface area contributed by atoms with Gasteiger partial charge in [0.25, 0.3) is 0 Å². The number of allylic oxidation sites excluding steroid dienone is 1. The predicted octanol–water partition coefficient (Wildman–Crippen LogP) is 4.65. The number of hydrogen-bond acceptors (Lipinski definition) is 5. The molecule has 2 aromatic carbocycles. The van der Waals surface area contributed by atoms with Gasteiger partial charge in [0.2, 0.25) is 11.8 Å². The summed E-state index contributed by atoms with van der Waals surface area (Å²) in [6, 6.07) is 14.9. The zero-order valence-corrected chi connectivity index (χ0v) is 14.9. The number of aromatic hydroxyl groups is 1. The zero-order valence-electron chi connectivity index (χ0n) is 14.9. The van der Waals surface area contributed by atoms with Crippen molar-refractivity contribution in [3.63, 3.8) is 0 Å². The van der Waals surface area contributed by atoms with Gasteiger partial charge >= 0.3 is 5.95 Å². The van der Waals surface area contributed by atoms with Crippen molar-refractivity contribution in [2.75, 3.05) is 5.32 Å². The summed E-state index contributed by atoms with van der Waals surface area (Å²) >= 11 is 0. The van der Waals surface area contributed by atoms with Crippen molar-refractivity contribution >= 4 is 34.6 Å². The molecule has 1 amide bonds. The van der Waals surface area contributed by atoms with Crippen LogP contribution in [0.2, 0.25) is 0 Å². The van der Waals surface area contributed by atoms with Crippen LogP contribution in [-0.4, -0.2) is 21.7 Å². The number of oxazole rings is 1. The number of amides is 1. The van der Waals surface area contributed by atoms with Crippen molar-refractivity contribution in [2.45, 2.75) is 13.8 Å². The standard InChI is InChI=1S/C21H17N3O3/c1-12-17(16-5-3-4-6-18(16)22-12)11-19-21(26)27-20(24-19)14-7-9-15(10-8-14)23-13(2)25/h3-11,26H,1-2H3,(H,23,25)/b17-11-. The molecule has 4 rings (SSSR count). The first-order valence-corrected chi connectivity index (χ1v) is 8.46. The van der Waals surface area contributed by atoms with Crippen LogP contribution in [0.1, 0.15) is 25.1 Å². The van der Waals surface area contributed by atoms with E-state index in [9.17, 15) is 9.90 Å². The molecule has 0 bridgehead atoms. The maximum Gasteiger partial charge on any atom is 0.310 e. The predicted molar refractivity (Wildman–Crippen MR) is 105 cm³/mol. The highest BCUT2D eigenvalue weighted by Gasteiger charge is 2.20. The average molecular weight is 359 g/mol. The molecular weight excluding hydrogens is 342 g/mol. The summed E-state index contributed by atoms with van der Waals surface area (Å²) in [6.45, 7) is 3.37. The molecular formula is C21H17N3O3. The van der Waals surface area contributed by atoms with Gasteiger partial charge in [-0.05, 0) is 43.3 Å². The maximum atomic E-state index is 11.1. The third-order valence-electron chi connectivity index (χ3n) is 4.24. The molecule has 0 saturated carbocycles. The Bertz CT molecular complexity index is 1090. The van der Waals surface area contributed by atoms with Crippen molar-refractivity contribution in [2.24, 2.45) is 4.99 Å². The van der Waals surface area contributed by atoms with Crippen LogP contribution in [0.25, 0.3) is 23.1 Å². The average Bonchev–Trinajstić information content (AvgIpc) is 3.16. The molecule has 1 aliphatic heterocycles. The number of nitrogens with one attached hydrogen (secondary N) is 1. The van der Waals surface area contributed by atoms with Crippen LogP contribution >= 0.6 is 0 Å². The third-order valence-corrected chi connectivity index (χ3v) is 4.24. The number of aliphatic imine (C=N–C) groups is 1. The molecule has 134 valence electrons. The van der Waals surface area contributed by atoms with Crippen LogP contribution in [0, 0.1) is 0 Å². The quantitative estimate of drug-likeness (QED) is 0.712. The van der Waals surface area contributed by atoms with E-state index in [0.29, 0.717) is 22.8 Å². The molecule has 0 atom stereocenters. The lowest BCUT2D eigenvalue weighted by atomic mass is 10.0. The number of fused-ring (bicyclic) bond motifs is 1. The number of carbonyl (C=O) groups excluding carboxylic acids is 1. The minimum atomic E-state index is -0.249. The largest absolute Gasteiger partial charge is 0.479 e. The molecule has 2 N–H and O–H groups in total. The lowest BCUT2D eigenvalue weighted by Gasteiger charge is -2.01. The number of nitrogens with zero attached hydrogens (tertiary/aromatic N) is 2. The summed E-state index contributed by atoms with van der Waals surface area (Å²) in [5, 5.41) is 12.9. The molecule has 6 heteroatoms. The number of aromatic nitrogens is 1. The first-order valence-electron chi connectivity index (χ1n) is 8.46. The zero-order chi connectivity index (χ0) is 19.0. The second-order valence-corrected chi connectivity index (χ2v) is 6.24. The maximum absolute atomic E-state index is 11.1. The van der Waals surface area contributed by atoms with Crippen LogP contribution in [0.4, 0.5) is 11.4 Å². The summed E-state index contributed by atoms with van der Waals surface area (Å²) in [5.41, 5.74) is 5.38. The fraction of sp³-hybridized carbons (Fsp3) is 0.0952. The fourth-order valence-electron chi connectivity index (χ4n) is 2.99. The van der Waals surface area contributed by atoms with Crippen molar-refractivity contribution < 1.29 is 14.3 Å². The second kappa shape index (κ2) is 6.57. The van der Waals surface area contributed by atoms with Gasteiger partial charge in [-0.1, -0.05) is 18.2 Å². The molecule has 2 heterocycles. The van der Waals surface area contributed by atoms with Gasteiger partial charge in [0.1, 0.15) is 5.69 Å². The van der Waals surface area contributed by atoms with E-state index in [0.717, 1.165) is 22.5 Å². The molecule has 6 nitrogen and oxygen atoms in total. The van der Waals surface area contributed by atoms with Crippen molar-refractivity contribution in [1.82, 2.24) is 4.98 Å². The van der Waals surface area contributed by atoms with E-state index in [4.69, 9.17) is 4.42 Å². The van der Waals surface area contributed by atoms with E-state index in [1.807, 2.05) is 31.2 Å². The summed E-state index contributed by atoms with van der Waals surface area (Å²) in [6.07, 6.45) is 1.78. The second-order valence-electron chi connectivity index (χ2n) is 6.24. The minimum absolute atomic E-state index is 0.140. The van der Waals surface area contributed by atoms with Crippen molar-refractivity contribution in [3.05, 3.63) is 59.8 Å². The smallest absolute Gasteiger partial charge is 0.310 e. The van der Waals surface area contributed by atoms with Crippen LogP contribution in [0.5, 0.6) is 5.95 Å². The Morgan fingerprint density at radius 1 is 1.15 bits per heavy atom. The first kappa shape index (κ1) is 16.8. The number of carbonyl (C=O) groups is 1. The molecule has 1 aliphatic rings. The van der Waals surface area contributed by atoms with Gasteiger partial charge < -0.3 is 14.8 Å². The Morgan fingerprint density at radius 3 is 2.63 bits per heavy atom. The Hall–Kier alpha value is -3.67. The summed E-state index contributed by atoms with van der Waals surface area (Å²) in [5.74, 6) is -0.0884. The van der Waals surface area contributed by atoms with Crippen LogP contribution in [-0.2, 0) is 4.79 Å². The molecule has 3 aromatic rings. The summed E-state index contributed by atoms with van der Waals surface area (Å²) in [7, 11) is 0. The van der Waals surface area contributed by atoms with Gasteiger partial charge in [-0.25, -0.2) is 4.98 Å². The lowest BCUT2D eigenvalue weighted by Crippen LogP contribution is -2.05. The van der Waals surface area contributed by atoms with Crippen molar-refractivity contribution in [3.8, 4) is 17.4 Å². The number of anilines is 1. The van der Waals surface area contributed by atoms with E-state index in [1.165, 1.54) is 6.92 Å². The van der Waals surface area contributed by atoms with Crippen LogP contribution in [0.3, 0.4) is 0 Å². The topological polar surface area (TPSA) is 87.7 Å². The highest BCUT2D eigenvalue weighted by molar-refractivity contribution is 6.31. The van der Waals surface area contributed by atoms with E-state index in [1.54, 1.807) is 30.3 Å². The molecule has 0 fully saturated rings. The number of rotatable bonds is 3. The van der Waals surface area contributed by atoms with Crippen molar-refractivity contribution in [1.29, 1.82) is 0 Å². The minimum Gasteiger partial charge on any atom is -0.479 e. The fourth-order valence-corrected chi connectivity index (χ4v) is 2.99. The lowest BCUT2D eigenvalue weighted by molar-refractivity contribution is -0.114. The molecule has 27 heavy (non-hydrogen) atoms. The summed E-state index contributed by atoms with van der Waals surface area (Å²) < 4.78 is 5.43. The van der Waals surface area contributed by atoms with E-state index in [2.05, 4.69) is 15.3 Å². The normalized spacial score (nSPS) is 14.1. The SMILES string of the molecule is CC(=O)Nc1ccc(-c2nc(/C=C3/C(C)=Nc4ccccc43)c(O)o2)cc1. The molecule has 0 saturated heterocycles. The summed E-state index contributed by atoms with van der Waals surface area (Å²) in [4.78, 5) is 20.0. The van der Waals surface area contributed by atoms with E-state index in [-0.39, 0.29) is 11.9 Å². The van der Waals surface area contributed by atoms with Gasteiger partial charge in [-0.3, -0.25) is 9.79 Å².